The van der Waals surface area contributed by atoms with E-state index in [9.17, 15) is 14.5 Å². The number of hydrogen-bond acceptors (Lipinski definition) is 5. The Morgan fingerprint density at radius 3 is 2.72 bits per heavy atom. The van der Waals surface area contributed by atoms with Gasteiger partial charge in [0.1, 0.15) is 12.3 Å². The van der Waals surface area contributed by atoms with E-state index in [1.54, 1.807) is 23.9 Å². The average Bonchev–Trinajstić information content (AvgIpc) is 2.93. The van der Waals surface area contributed by atoms with Crippen molar-refractivity contribution >= 4 is 16.6 Å². The predicted molar refractivity (Wildman–Crippen MR) is 90.1 cm³/mol. The Hall–Kier alpha value is -3.00. The predicted octanol–water partition coefficient (Wildman–Crippen LogP) is 3.31. The fourth-order valence-electron chi connectivity index (χ4n) is 2.58. The van der Waals surface area contributed by atoms with Crippen LogP contribution in [-0.2, 0) is 11.8 Å². The lowest BCUT2D eigenvalue weighted by Gasteiger charge is -2.07. The van der Waals surface area contributed by atoms with E-state index in [1.807, 2.05) is 0 Å². The first-order chi connectivity index (χ1) is 12.0. The van der Waals surface area contributed by atoms with Crippen LogP contribution in [0, 0.1) is 15.9 Å². The molecule has 0 saturated heterocycles. The molecule has 1 aromatic heterocycles. The Morgan fingerprint density at radius 1 is 1.24 bits per heavy atom. The summed E-state index contributed by atoms with van der Waals surface area (Å²) < 4.78 is 26.0. The maximum Gasteiger partial charge on any atom is 0.270 e. The van der Waals surface area contributed by atoms with Crippen molar-refractivity contribution in [3.05, 3.63) is 52.3 Å². The van der Waals surface area contributed by atoms with Gasteiger partial charge in [-0.2, -0.15) is 5.10 Å². The zero-order valence-electron chi connectivity index (χ0n) is 13.7. The molecule has 0 fully saturated rings. The van der Waals surface area contributed by atoms with Crippen LogP contribution in [0.2, 0.25) is 0 Å². The fourth-order valence-corrected chi connectivity index (χ4v) is 2.58. The molecule has 0 unspecified atom stereocenters. The molecule has 0 bridgehead atoms. The smallest absolute Gasteiger partial charge is 0.270 e. The van der Waals surface area contributed by atoms with E-state index in [0.717, 1.165) is 5.52 Å². The molecule has 8 heteroatoms. The maximum absolute atomic E-state index is 14.3. The number of rotatable bonds is 6. The Bertz CT molecular complexity index is 939. The van der Waals surface area contributed by atoms with Crippen molar-refractivity contribution in [1.29, 1.82) is 0 Å². The Kier molecular flexibility index (Phi) is 4.62. The van der Waals surface area contributed by atoms with E-state index >= 15 is 0 Å². The van der Waals surface area contributed by atoms with Crippen molar-refractivity contribution in [3.63, 3.8) is 0 Å². The number of nitro benzene ring substituents is 1. The quantitative estimate of drug-likeness (QED) is 0.389. The van der Waals surface area contributed by atoms with Crippen LogP contribution in [0.5, 0.6) is 5.75 Å². The minimum absolute atomic E-state index is 0.0401. The molecule has 2 aromatic carbocycles. The van der Waals surface area contributed by atoms with Crippen molar-refractivity contribution in [2.45, 2.75) is 0 Å². The molecule has 3 rings (SSSR count). The van der Waals surface area contributed by atoms with Crippen LogP contribution in [-0.4, -0.2) is 35.0 Å². The highest BCUT2D eigenvalue weighted by atomic mass is 19.1. The lowest BCUT2D eigenvalue weighted by molar-refractivity contribution is -0.384. The highest BCUT2D eigenvalue weighted by Crippen LogP contribution is 2.32. The van der Waals surface area contributed by atoms with Gasteiger partial charge < -0.3 is 9.47 Å². The number of fused-ring (bicyclic) bond motifs is 1. The van der Waals surface area contributed by atoms with Crippen LogP contribution < -0.4 is 4.74 Å². The molecule has 0 atom stereocenters. The molecule has 1 heterocycles. The van der Waals surface area contributed by atoms with Crippen LogP contribution in [0.3, 0.4) is 0 Å². The van der Waals surface area contributed by atoms with Gasteiger partial charge in [-0.05, 0) is 24.3 Å². The molecule has 0 N–H and O–H groups in total. The summed E-state index contributed by atoms with van der Waals surface area (Å²) >= 11 is 0. The number of methoxy groups -OCH3 is 1. The van der Waals surface area contributed by atoms with Gasteiger partial charge in [0.2, 0.25) is 0 Å². The first-order valence-corrected chi connectivity index (χ1v) is 7.54. The van der Waals surface area contributed by atoms with Crippen molar-refractivity contribution in [2.75, 3.05) is 20.3 Å². The molecule has 0 aliphatic carbocycles. The van der Waals surface area contributed by atoms with Gasteiger partial charge in [-0.1, -0.05) is 0 Å². The maximum atomic E-state index is 14.3. The monoisotopic (exact) mass is 345 g/mol. The van der Waals surface area contributed by atoms with Gasteiger partial charge in [0.05, 0.1) is 17.0 Å². The van der Waals surface area contributed by atoms with E-state index in [1.165, 1.54) is 31.4 Å². The molecule has 0 spiro atoms. The number of nitrogens with zero attached hydrogens (tertiary/aromatic N) is 3. The normalized spacial score (nSPS) is 11.0. The lowest BCUT2D eigenvalue weighted by atomic mass is 10.1. The largest absolute Gasteiger partial charge is 0.488 e. The van der Waals surface area contributed by atoms with Crippen molar-refractivity contribution in [3.8, 4) is 17.0 Å². The molecule has 0 aliphatic rings. The van der Waals surface area contributed by atoms with Crippen molar-refractivity contribution in [2.24, 2.45) is 7.05 Å². The zero-order chi connectivity index (χ0) is 18.0. The number of non-ortho nitro benzene ring substituents is 1. The van der Waals surface area contributed by atoms with E-state index in [2.05, 4.69) is 5.10 Å². The standard InChI is InChI=1S/C17H16FN3O4/c1-20-15-5-4-12(21(22)23)10-13(15)17(19-20)11-3-6-16(14(18)9-11)25-8-7-24-2/h3-6,9-10H,7-8H2,1-2H3. The second kappa shape index (κ2) is 6.86. The number of nitro groups is 1. The molecular formula is C17H16FN3O4. The third-order valence-corrected chi connectivity index (χ3v) is 3.80. The Morgan fingerprint density at radius 2 is 2.04 bits per heavy atom. The SMILES string of the molecule is COCCOc1ccc(-c2nn(C)c3ccc([N+](=O)[O-])cc23)cc1F. The highest BCUT2D eigenvalue weighted by Gasteiger charge is 2.16. The third-order valence-electron chi connectivity index (χ3n) is 3.80. The summed E-state index contributed by atoms with van der Waals surface area (Å²) in [4.78, 5) is 10.5. The number of ether oxygens (including phenoxy) is 2. The van der Waals surface area contributed by atoms with Crippen LogP contribution in [0.25, 0.3) is 22.2 Å². The number of benzene rings is 2. The van der Waals surface area contributed by atoms with Gasteiger partial charge in [-0.3, -0.25) is 14.8 Å². The minimum Gasteiger partial charge on any atom is -0.488 e. The van der Waals surface area contributed by atoms with Gasteiger partial charge in [-0.15, -0.1) is 0 Å². The third kappa shape index (κ3) is 3.29. The molecule has 3 aromatic rings. The number of halogens is 1. The summed E-state index contributed by atoms with van der Waals surface area (Å²) in [6.07, 6.45) is 0. The van der Waals surface area contributed by atoms with Gasteiger partial charge in [0.15, 0.2) is 11.6 Å². The number of aromatic nitrogens is 2. The summed E-state index contributed by atoms with van der Waals surface area (Å²) in [5.74, 6) is -0.412. The van der Waals surface area contributed by atoms with Crippen LogP contribution >= 0.6 is 0 Å². The molecular weight excluding hydrogens is 329 g/mol. The average molecular weight is 345 g/mol. The number of aryl methyl sites for hydroxylation is 1. The first-order valence-electron chi connectivity index (χ1n) is 7.54. The Balaban J connectivity index is 2.02. The van der Waals surface area contributed by atoms with Crippen LogP contribution in [0.1, 0.15) is 0 Å². The summed E-state index contributed by atoms with van der Waals surface area (Å²) in [5.41, 5.74) is 1.68. The summed E-state index contributed by atoms with van der Waals surface area (Å²) in [6.45, 7) is 0.598. The summed E-state index contributed by atoms with van der Waals surface area (Å²) in [5, 5.41) is 16.0. The molecule has 7 nitrogen and oxygen atoms in total. The number of hydrogen-bond donors (Lipinski definition) is 0. The van der Waals surface area contributed by atoms with Crippen molar-refractivity contribution in [1.82, 2.24) is 9.78 Å². The lowest BCUT2D eigenvalue weighted by Crippen LogP contribution is -2.05. The van der Waals surface area contributed by atoms with Crippen LogP contribution in [0.4, 0.5) is 10.1 Å². The molecule has 0 amide bonds. The topological polar surface area (TPSA) is 79.4 Å². The van der Waals surface area contributed by atoms with Gasteiger partial charge in [0, 0.05) is 37.2 Å². The van der Waals surface area contributed by atoms with Gasteiger partial charge in [0.25, 0.3) is 5.69 Å². The Labute approximate surface area is 142 Å². The van der Waals surface area contributed by atoms with E-state index in [0.29, 0.717) is 23.3 Å². The minimum atomic E-state index is -0.530. The van der Waals surface area contributed by atoms with Crippen molar-refractivity contribution < 1.29 is 18.8 Å². The first kappa shape index (κ1) is 16.8. The summed E-state index contributed by atoms with van der Waals surface area (Å²) in [7, 11) is 3.27. The van der Waals surface area contributed by atoms with E-state index < -0.39 is 10.7 Å². The van der Waals surface area contributed by atoms with E-state index in [-0.39, 0.29) is 18.0 Å². The molecule has 0 aliphatic heterocycles. The second-order valence-electron chi connectivity index (χ2n) is 5.42. The zero-order valence-corrected chi connectivity index (χ0v) is 13.7. The van der Waals surface area contributed by atoms with E-state index in [4.69, 9.17) is 9.47 Å². The molecule has 130 valence electrons. The summed E-state index contributed by atoms with van der Waals surface area (Å²) in [6, 6.07) is 8.98. The molecule has 25 heavy (non-hydrogen) atoms. The van der Waals surface area contributed by atoms with Crippen LogP contribution in [0.15, 0.2) is 36.4 Å². The fraction of sp³-hybridized carbons (Fsp3) is 0.235. The van der Waals surface area contributed by atoms with Gasteiger partial charge >= 0.3 is 0 Å². The molecule has 0 saturated carbocycles. The highest BCUT2D eigenvalue weighted by molar-refractivity contribution is 5.94. The second-order valence-corrected chi connectivity index (χ2v) is 5.42. The molecule has 0 radical (unpaired) electrons. The van der Waals surface area contributed by atoms with Gasteiger partial charge in [-0.25, -0.2) is 4.39 Å².